The van der Waals surface area contributed by atoms with E-state index in [0.29, 0.717) is 11.3 Å². The van der Waals surface area contributed by atoms with Gasteiger partial charge in [-0.3, -0.25) is 9.59 Å². The first-order valence-corrected chi connectivity index (χ1v) is 9.63. The summed E-state index contributed by atoms with van der Waals surface area (Å²) in [6.07, 6.45) is -4.70. The minimum absolute atomic E-state index is 0.0766. The van der Waals surface area contributed by atoms with Gasteiger partial charge in [0.05, 0.1) is 12.7 Å². The third-order valence-electron chi connectivity index (χ3n) is 5.00. The van der Waals surface area contributed by atoms with Crippen molar-refractivity contribution in [2.24, 2.45) is 16.5 Å². The fourth-order valence-corrected chi connectivity index (χ4v) is 3.44. The molecule has 2 aromatic carbocycles. The zero-order chi connectivity index (χ0) is 23.5. The number of ether oxygens (including phenoxy) is 1. The number of guanidine groups is 1. The topological polar surface area (TPSA) is 114 Å². The lowest BCUT2D eigenvalue weighted by atomic mass is 10.1. The molecule has 0 unspecified atom stereocenters. The number of benzene rings is 2. The first-order valence-electron chi connectivity index (χ1n) is 9.63. The number of amides is 2. The van der Waals surface area contributed by atoms with E-state index in [4.69, 9.17) is 16.2 Å². The largest absolute Gasteiger partial charge is 0.497 e. The number of hydrogen-bond acceptors (Lipinski definition) is 4. The molecule has 1 aliphatic rings. The predicted molar refractivity (Wildman–Crippen MR) is 113 cm³/mol. The number of alkyl halides is 3. The van der Waals surface area contributed by atoms with Gasteiger partial charge in [0.25, 0.3) is 11.8 Å². The maximum absolute atomic E-state index is 13.7. The molecular weight excluding hydrogens is 427 g/mol. The Kier molecular flexibility index (Phi) is 6.56. The van der Waals surface area contributed by atoms with E-state index in [1.165, 1.54) is 24.1 Å². The van der Waals surface area contributed by atoms with Crippen LogP contribution in [0, 0.1) is 0 Å². The summed E-state index contributed by atoms with van der Waals surface area (Å²) in [7, 11) is 1.50. The highest BCUT2D eigenvalue weighted by Gasteiger charge is 2.36. The van der Waals surface area contributed by atoms with Gasteiger partial charge < -0.3 is 26.0 Å². The smallest absolute Gasteiger partial charge is 0.418 e. The van der Waals surface area contributed by atoms with Gasteiger partial charge in [-0.05, 0) is 36.4 Å². The molecule has 1 heterocycles. The standard InChI is InChI=1S/C21H22F3N5O3/c1-32-15-4-2-3-14(11-15)19(31)29-9-7-28(8-10-29)17-6-5-13(18(30)27-20(25)26)12-16(17)21(22,23)24/h2-6,11-12H,7-10H2,1H3,(H4,25,26,27,30). The normalized spacial score (nSPS) is 14.1. The second-order valence-electron chi connectivity index (χ2n) is 7.08. The molecule has 11 heteroatoms. The number of hydrogen-bond donors (Lipinski definition) is 2. The van der Waals surface area contributed by atoms with Crippen LogP contribution in [0.2, 0.25) is 0 Å². The number of anilines is 1. The van der Waals surface area contributed by atoms with Crippen LogP contribution in [-0.2, 0) is 6.18 Å². The molecule has 170 valence electrons. The highest BCUT2D eigenvalue weighted by Crippen LogP contribution is 2.38. The lowest BCUT2D eigenvalue weighted by Gasteiger charge is -2.37. The van der Waals surface area contributed by atoms with E-state index in [2.05, 4.69) is 4.99 Å². The molecule has 1 saturated heterocycles. The fourth-order valence-electron chi connectivity index (χ4n) is 3.44. The summed E-state index contributed by atoms with van der Waals surface area (Å²) in [4.78, 5) is 31.1. The number of rotatable bonds is 4. The molecule has 0 bridgehead atoms. The van der Waals surface area contributed by atoms with Crippen LogP contribution >= 0.6 is 0 Å². The van der Waals surface area contributed by atoms with E-state index in [-0.39, 0.29) is 43.3 Å². The van der Waals surface area contributed by atoms with Gasteiger partial charge in [0.1, 0.15) is 5.75 Å². The van der Waals surface area contributed by atoms with Gasteiger partial charge in [-0.2, -0.15) is 18.2 Å². The van der Waals surface area contributed by atoms with Gasteiger partial charge in [0.2, 0.25) is 0 Å². The number of piperazine rings is 1. The van der Waals surface area contributed by atoms with Crippen molar-refractivity contribution in [1.29, 1.82) is 0 Å². The quantitative estimate of drug-likeness (QED) is 0.546. The Morgan fingerprint density at radius 1 is 1.00 bits per heavy atom. The van der Waals surface area contributed by atoms with Gasteiger partial charge in [0.15, 0.2) is 5.96 Å². The van der Waals surface area contributed by atoms with Crippen molar-refractivity contribution >= 4 is 23.5 Å². The number of methoxy groups -OCH3 is 1. The van der Waals surface area contributed by atoms with Gasteiger partial charge >= 0.3 is 6.18 Å². The Hall–Kier alpha value is -3.76. The molecule has 1 aliphatic heterocycles. The number of halogens is 3. The summed E-state index contributed by atoms with van der Waals surface area (Å²) < 4.78 is 46.3. The van der Waals surface area contributed by atoms with Gasteiger partial charge in [-0.25, -0.2) is 0 Å². The van der Waals surface area contributed by atoms with Crippen molar-refractivity contribution in [1.82, 2.24) is 4.90 Å². The summed E-state index contributed by atoms with van der Waals surface area (Å²) in [5.74, 6) is -1.18. The van der Waals surface area contributed by atoms with Crippen molar-refractivity contribution in [3.63, 3.8) is 0 Å². The number of aliphatic imine (C=N–C) groups is 1. The Bertz CT molecular complexity index is 1040. The van der Waals surface area contributed by atoms with Gasteiger partial charge in [0, 0.05) is 43.0 Å². The zero-order valence-corrected chi connectivity index (χ0v) is 17.2. The van der Waals surface area contributed by atoms with Gasteiger partial charge in [-0.1, -0.05) is 6.07 Å². The third-order valence-corrected chi connectivity index (χ3v) is 5.00. The third kappa shape index (κ3) is 5.10. The van der Waals surface area contributed by atoms with Crippen LogP contribution in [0.4, 0.5) is 18.9 Å². The molecule has 0 aromatic heterocycles. The number of nitrogens with zero attached hydrogens (tertiary/aromatic N) is 3. The summed E-state index contributed by atoms with van der Waals surface area (Å²) in [5.41, 5.74) is 9.39. The van der Waals surface area contributed by atoms with Crippen LogP contribution in [0.5, 0.6) is 5.75 Å². The van der Waals surface area contributed by atoms with Crippen LogP contribution in [-0.4, -0.2) is 56.0 Å². The highest BCUT2D eigenvalue weighted by atomic mass is 19.4. The maximum atomic E-state index is 13.7. The predicted octanol–water partition coefficient (Wildman–Crippen LogP) is 2.09. The minimum Gasteiger partial charge on any atom is -0.497 e. The second-order valence-corrected chi connectivity index (χ2v) is 7.08. The number of carbonyl (C=O) groups excluding carboxylic acids is 2. The molecule has 0 atom stereocenters. The van der Waals surface area contributed by atoms with Crippen LogP contribution in [0.25, 0.3) is 0 Å². The lowest BCUT2D eigenvalue weighted by molar-refractivity contribution is -0.137. The Labute approximate surface area is 182 Å². The van der Waals surface area contributed by atoms with E-state index >= 15 is 0 Å². The van der Waals surface area contributed by atoms with E-state index in [0.717, 1.165) is 6.07 Å². The SMILES string of the molecule is COc1cccc(C(=O)N2CCN(c3ccc(C(=O)N=C(N)N)cc3C(F)(F)F)CC2)c1. The maximum Gasteiger partial charge on any atom is 0.418 e. The lowest BCUT2D eigenvalue weighted by Crippen LogP contribution is -2.49. The van der Waals surface area contributed by atoms with E-state index in [9.17, 15) is 22.8 Å². The zero-order valence-electron chi connectivity index (χ0n) is 17.2. The second kappa shape index (κ2) is 9.16. The van der Waals surface area contributed by atoms with Crippen molar-refractivity contribution in [3.05, 3.63) is 59.2 Å². The molecular formula is C21H22F3N5O3. The van der Waals surface area contributed by atoms with Crippen LogP contribution < -0.4 is 21.1 Å². The average molecular weight is 449 g/mol. The Morgan fingerprint density at radius 2 is 1.69 bits per heavy atom. The molecule has 4 N–H and O–H groups in total. The molecule has 0 saturated carbocycles. The molecule has 32 heavy (non-hydrogen) atoms. The molecule has 0 spiro atoms. The van der Waals surface area contributed by atoms with E-state index in [1.54, 1.807) is 29.2 Å². The summed E-state index contributed by atoms with van der Waals surface area (Å²) >= 11 is 0. The number of nitrogens with two attached hydrogens (primary N) is 2. The van der Waals surface area contributed by atoms with Crippen molar-refractivity contribution in [2.45, 2.75) is 6.18 Å². The monoisotopic (exact) mass is 449 g/mol. The first kappa shape index (κ1) is 22.9. The van der Waals surface area contributed by atoms with Crippen LogP contribution in [0.15, 0.2) is 47.5 Å². The fraction of sp³-hybridized carbons (Fsp3) is 0.286. The molecule has 8 nitrogen and oxygen atoms in total. The van der Waals surface area contributed by atoms with Gasteiger partial charge in [-0.15, -0.1) is 0 Å². The summed E-state index contributed by atoms with van der Waals surface area (Å²) in [6, 6.07) is 9.88. The molecule has 3 rings (SSSR count). The summed E-state index contributed by atoms with van der Waals surface area (Å²) in [5, 5.41) is 0. The highest BCUT2D eigenvalue weighted by molar-refractivity contribution is 6.02. The molecule has 0 radical (unpaired) electrons. The minimum atomic E-state index is -4.70. The van der Waals surface area contributed by atoms with Crippen molar-refractivity contribution < 1.29 is 27.5 Å². The molecule has 1 fully saturated rings. The molecule has 2 amide bonds. The van der Waals surface area contributed by atoms with Crippen LogP contribution in [0.1, 0.15) is 26.3 Å². The first-order chi connectivity index (χ1) is 15.1. The number of carbonyl (C=O) groups is 2. The van der Waals surface area contributed by atoms with E-state index < -0.39 is 23.6 Å². The Balaban J connectivity index is 1.79. The molecule has 0 aliphatic carbocycles. The van der Waals surface area contributed by atoms with Crippen molar-refractivity contribution in [2.75, 3.05) is 38.2 Å². The van der Waals surface area contributed by atoms with Crippen LogP contribution in [0.3, 0.4) is 0 Å². The molecule has 2 aromatic rings. The Morgan fingerprint density at radius 3 is 2.28 bits per heavy atom. The van der Waals surface area contributed by atoms with E-state index in [1.807, 2.05) is 0 Å². The average Bonchev–Trinajstić information content (AvgIpc) is 2.77. The summed E-state index contributed by atoms with van der Waals surface area (Å²) in [6.45, 7) is 0.865. The van der Waals surface area contributed by atoms with Crippen molar-refractivity contribution in [3.8, 4) is 5.75 Å².